The number of hydrogen-bond donors (Lipinski definition) is 1. The van der Waals surface area contributed by atoms with Gasteiger partial charge in [0.25, 0.3) is 0 Å². The average Bonchev–Trinajstić information content (AvgIpc) is 2.82. The third-order valence-corrected chi connectivity index (χ3v) is 3.41. The minimum atomic E-state index is -0.708. The third kappa shape index (κ3) is 2.53. The lowest BCUT2D eigenvalue weighted by Crippen LogP contribution is -2.49. The summed E-state index contributed by atoms with van der Waals surface area (Å²) in [6.07, 6.45) is 0. The average molecular weight is 257 g/mol. The van der Waals surface area contributed by atoms with Gasteiger partial charge in [-0.3, -0.25) is 9.69 Å². The predicted molar refractivity (Wildman–Crippen MR) is 70.5 cm³/mol. The van der Waals surface area contributed by atoms with Crippen LogP contribution in [0.2, 0.25) is 0 Å². The molecule has 98 valence electrons. The fraction of sp³-hybridized carbons (Fsp3) is 0.267. The molecule has 1 aromatic heterocycles. The Bertz CT molecular complexity index is 570. The van der Waals surface area contributed by atoms with Crippen molar-refractivity contribution in [1.82, 2.24) is 4.90 Å². The largest absolute Gasteiger partial charge is 0.481 e. The van der Waals surface area contributed by atoms with E-state index >= 15 is 0 Å². The highest BCUT2D eigenvalue weighted by Gasteiger charge is 2.32. The van der Waals surface area contributed by atoms with Gasteiger partial charge in [-0.1, -0.05) is 30.3 Å². The Hall–Kier alpha value is -2.07. The first-order valence-corrected chi connectivity index (χ1v) is 6.31. The number of benzene rings is 1. The number of rotatable bonds is 4. The number of hydrogen-bond acceptors (Lipinski definition) is 3. The number of aliphatic carboxylic acids is 1. The van der Waals surface area contributed by atoms with E-state index in [0.717, 1.165) is 17.1 Å². The highest BCUT2D eigenvalue weighted by atomic mass is 16.4. The molecule has 0 unspecified atom stereocenters. The second-order valence-corrected chi connectivity index (χ2v) is 4.86. The van der Waals surface area contributed by atoms with Gasteiger partial charge < -0.3 is 9.52 Å². The lowest BCUT2D eigenvalue weighted by atomic mass is 10.0. The van der Waals surface area contributed by atoms with Crippen molar-refractivity contribution in [3.63, 3.8) is 0 Å². The summed E-state index contributed by atoms with van der Waals surface area (Å²) in [4.78, 5) is 12.8. The molecule has 3 rings (SSSR count). The van der Waals surface area contributed by atoms with E-state index in [-0.39, 0.29) is 5.92 Å². The van der Waals surface area contributed by atoms with Crippen LogP contribution >= 0.6 is 0 Å². The van der Waals surface area contributed by atoms with Gasteiger partial charge in [-0.25, -0.2) is 0 Å². The molecule has 0 amide bonds. The summed E-state index contributed by atoms with van der Waals surface area (Å²) >= 11 is 0. The van der Waals surface area contributed by atoms with Crippen molar-refractivity contribution < 1.29 is 14.3 Å². The number of furan rings is 1. The molecule has 1 aliphatic rings. The van der Waals surface area contributed by atoms with Crippen LogP contribution in [0.5, 0.6) is 0 Å². The van der Waals surface area contributed by atoms with E-state index in [4.69, 9.17) is 9.52 Å². The second-order valence-electron chi connectivity index (χ2n) is 4.86. The van der Waals surface area contributed by atoms with Crippen molar-refractivity contribution >= 4 is 5.97 Å². The molecular formula is C15H15NO3. The van der Waals surface area contributed by atoms with Gasteiger partial charge in [-0.15, -0.1) is 0 Å². The molecule has 0 spiro atoms. The van der Waals surface area contributed by atoms with E-state index in [1.54, 1.807) is 0 Å². The van der Waals surface area contributed by atoms with Gasteiger partial charge >= 0.3 is 5.97 Å². The molecule has 4 nitrogen and oxygen atoms in total. The van der Waals surface area contributed by atoms with Crippen molar-refractivity contribution in [2.24, 2.45) is 5.92 Å². The normalized spacial score (nSPS) is 16.2. The van der Waals surface area contributed by atoms with Crippen molar-refractivity contribution in [3.8, 4) is 11.3 Å². The molecule has 1 fully saturated rings. The Morgan fingerprint density at radius 3 is 2.63 bits per heavy atom. The number of likely N-dealkylation sites (tertiary alicyclic amines) is 1. The van der Waals surface area contributed by atoms with Crippen LogP contribution in [0.4, 0.5) is 0 Å². The highest BCUT2D eigenvalue weighted by molar-refractivity contribution is 5.71. The predicted octanol–water partition coefficient (Wildman–Crippen LogP) is 2.46. The Labute approximate surface area is 111 Å². The van der Waals surface area contributed by atoms with Crippen LogP contribution in [0.15, 0.2) is 46.9 Å². The molecule has 0 aliphatic carbocycles. The van der Waals surface area contributed by atoms with Gasteiger partial charge in [0.1, 0.15) is 11.5 Å². The fourth-order valence-electron chi connectivity index (χ4n) is 2.30. The van der Waals surface area contributed by atoms with Gasteiger partial charge in [0.15, 0.2) is 0 Å². The SMILES string of the molecule is O=C(O)C1CN(Cc2ccc(-c3ccccc3)o2)C1. The molecule has 0 radical (unpaired) electrons. The summed E-state index contributed by atoms with van der Waals surface area (Å²) in [5, 5.41) is 8.82. The maximum atomic E-state index is 10.7. The highest BCUT2D eigenvalue weighted by Crippen LogP contribution is 2.24. The van der Waals surface area contributed by atoms with Crippen LogP contribution < -0.4 is 0 Å². The molecule has 1 N–H and O–H groups in total. The van der Waals surface area contributed by atoms with Crippen LogP contribution in [0.1, 0.15) is 5.76 Å². The molecular weight excluding hydrogens is 242 g/mol. The minimum Gasteiger partial charge on any atom is -0.481 e. The molecule has 19 heavy (non-hydrogen) atoms. The molecule has 4 heteroatoms. The maximum absolute atomic E-state index is 10.7. The molecule has 1 saturated heterocycles. The smallest absolute Gasteiger partial charge is 0.309 e. The lowest BCUT2D eigenvalue weighted by Gasteiger charge is -2.35. The van der Waals surface area contributed by atoms with Crippen LogP contribution in [-0.4, -0.2) is 29.1 Å². The van der Waals surface area contributed by atoms with Gasteiger partial charge in [0, 0.05) is 18.7 Å². The van der Waals surface area contributed by atoms with Gasteiger partial charge in [-0.2, -0.15) is 0 Å². The minimum absolute atomic E-state index is 0.219. The summed E-state index contributed by atoms with van der Waals surface area (Å²) in [5.74, 6) is 0.804. The number of carbonyl (C=O) groups is 1. The molecule has 2 heterocycles. The summed E-state index contributed by atoms with van der Waals surface area (Å²) in [6.45, 7) is 1.89. The number of carboxylic acid groups (broad SMARTS) is 1. The molecule has 1 aromatic carbocycles. The van der Waals surface area contributed by atoms with Gasteiger partial charge in [0.2, 0.25) is 0 Å². The molecule has 0 bridgehead atoms. The zero-order valence-corrected chi connectivity index (χ0v) is 10.5. The van der Waals surface area contributed by atoms with E-state index in [0.29, 0.717) is 19.6 Å². The molecule has 0 saturated carbocycles. The summed E-state index contributed by atoms with van der Waals surface area (Å²) in [6, 6.07) is 13.9. The monoisotopic (exact) mass is 257 g/mol. The van der Waals surface area contributed by atoms with E-state index in [2.05, 4.69) is 4.90 Å². The Balaban J connectivity index is 1.62. The van der Waals surface area contributed by atoms with E-state index in [1.165, 1.54) is 0 Å². The first-order valence-electron chi connectivity index (χ1n) is 6.31. The zero-order chi connectivity index (χ0) is 13.2. The van der Waals surface area contributed by atoms with Crippen molar-refractivity contribution in [3.05, 3.63) is 48.2 Å². The zero-order valence-electron chi connectivity index (χ0n) is 10.5. The van der Waals surface area contributed by atoms with Crippen LogP contribution in [0.25, 0.3) is 11.3 Å². The Morgan fingerprint density at radius 1 is 1.21 bits per heavy atom. The van der Waals surface area contributed by atoms with Crippen molar-refractivity contribution in [2.75, 3.05) is 13.1 Å². The van der Waals surface area contributed by atoms with Crippen LogP contribution in [0.3, 0.4) is 0 Å². The van der Waals surface area contributed by atoms with E-state index < -0.39 is 5.97 Å². The quantitative estimate of drug-likeness (QED) is 0.914. The first-order chi connectivity index (χ1) is 9.22. The molecule has 2 aromatic rings. The number of nitrogens with zero attached hydrogens (tertiary/aromatic N) is 1. The third-order valence-electron chi connectivity index (χ3n) is 3.41. The lowest BCUT2D eigenvalue weighted by molar-refractivity contribution is -0.147. The van der Waals surface area contributed by atoms with E-state index in [1.807, 2.05) is 42.5 Å². The summed E-state index contributed by atoms with van der Waals surface area (Å²) < 4.78 is 5.78. The Kier molecular flexibility index (Phi) is 3.09. The standard InChI is InChI=1S/C15H15NO3/c17-15(18)12-8-16(9-12)10-13-6-7-14(19-13)11-4-2-1-3-5-11/h1-7,12H,8-10H2,(H,17,18). The number of carboxylic acids is 1. The fourth-order valence-corrected chi connectivity index (χ4v) is 2.30. The maximum Gasteiger partial charge on any atom is 0.309 e. The summed E-state index contributed by atoms with van der Waals surface area (Å²) in [5.41, 5.74) is 1.06. The first kappa shape index (κ1) is 12.0. The van der Waals surface area contributed by atoms with Gasteiger partial charge in [0.05, 0.1) is 12.5 Å². The van der Waals surface area contributed by atoms with Crippen LogP contribution in [-0.2, 0) is 11.3 Å². The van der Waals surface area contributed by atoms with Crippen molar-refractivity contribution in [2.45, 2.75) is 6.54 Å². The van der Waals surface area contributed by atoms with E-state index in [9.17, 15) is 4.79 Å². The summed E-state index contributed by atoms with van der Waals surface area (Å²) in [7, 11) is 0. The van der Waals surface area contributed by atoms with Crippen LogP contribution in [0, 0.1) is 5.92 Å². The molecule has 0 atom stereocenters. The van der Waals surface area contributed by atoms with Crippen molar-refractivity contribution in [1.29, 1.82) is 0 Å². The van der Waals surface area contributed by atoms with Gasteiger partial charge in [-0.05, 0) is 12.1 Å². The molecule has 1 aliphatic heterocycles. The second kappa shape index (κ2) is 4.90. The topological polar surface area (TPSA) is 53.7 Å². The Morgan fingerprint density at radius 2 is 1.95 bits per heavy atom.